The fourth-order valence-corrected chi connectivity index (χ4v) is 2.25. The third kappa shape index (κ3) is 7.53. The highest BCUT2D eigenvalue weighted by molar-refractivity contribution is 9.10. The van der Waals surface area contributed by atoms with Crippen LogP contribution in [0.15, 0.2) is 22.7 Å². The van der Waals surface area contributed by atoms with Crippen molar-refractivity contribution in [2.24, 2.45) is 0 Å². The Morgan fingerprint density at radius 2 is 1.95 bits per heavy atom. The number of unbranched alkanes of at least 4 members (excludes halogenated alkanes) is 3. The minimum Gasteiger partial charge on any atom is -0.492 e. The summed E-state index contributed by atoms with van der Waals surface area (Å²) in [7, 11) is 0. The molecule has 0 aromatic heterocycles. The van der Waals surface area contributed by atoms with Gasteiger partial charge in [-0.25, -0.2) is 4.39 Å². The van der Waals surface area contributed by atoms with Gasteiger partial charge in [-0.3, -0.25) is 0 Å². The number of rotatable bonds is 10. The molecule has 0 aliphatic carbocycles. The fraction of sp³-hybridized carbons (Fsp3) is 0.600. The van der Waals surface area contributed by atoms with Crippen molar-refractivity contribution in [2.45, 2.75) is 39.0 Å². The van der Waals surface area contributed by atoms with E-state index in [0.29, 0.717) is 16.8 Å². The van der Waals surface area contributed by atoms with E-state index < -0.39 is 0 Å². The van der Waals surface area contributed by atoms with Crippen LogP contribution in [0.2, 0.25) is 0 Å². The molecule has 0 saturated heterocycles. The van der Waals surface area contributed by atoms with E-state index in [0.717, 1.165) is 19.5 Å². The molecule has 2 nitrogen and oxygen atoms in total. The first kappa shape index (κ1) is 16.4. The van der Waals surface area contributed by atoms with Crippen LogP contribution in [0.5, 0.6) is 5.75 Å². The van der Waals surface area contributed by atoms with E-state index in [1.807, 2.05) is 0 Å². The maximum Gasteiger partial charge on any atom is 0.133 e. The summed E-state index contributed by atoms with van der Waals surface area (Å²) >= 11 is 3.29. The van der Waals surface area contributed by atoms with Crippen LogP contribution in [0.3, 0.4) is 0 Å². The Hall–Kier alpha value is -0.610. The molecule has 0 radical (unpaired) electrons. The molecule has 0 spiro atoms. The Kier molecular flexibility index (Phi) is 8.84. The van der Waals surface area contributed by atoms with Gasteiger partial charge in [-0.2, -0.15) is 0 Å². The Labute approximate surface area is 123 Å². The van der Waals surface area contributed by atoms with E-state index in [2.05, 4.69) is 28.2 Å². The van der Waals surface area contributed by atoms with Crippen LogP contribution < -0.4 is 10.1 Å². The zero-order valence-corrected chi connectivity index (χ0v) is 13.1. The molecule has 1 N–H and O–H groups in total. The van der Waals surface area contributed by atoms with E-state index in [-0.39, 0.29) is 5.82 Å². The predicted molar refractivity (Wildman–Crippen MR) is 81.2 cm³/mol. The summed E-state index contributed by atoms with van der Waals surface area (Å²) in [5.41, 5.74) is 0. The molecule has 1 aromatic rings. The van der Waals surface area contributed by atoms with Gasteiger partial charge in [0.15, 0.2) is 0 Å². The smallest absolute Gasteiger partial charge is 0.133 e. The van der Waals surface area contributed by atoms with Crippen molar-refractivity contribution in [1.29, 1.82) is 0 Å². The van der Waals surface area contributed by atoms with Crippen molar-refractivity contribution in [1.82, 2.24) is 5.32 Å². The van der Waals surface area contributed by atoms with Crippen molar-refractivity contribution in [3.63, 3.8) is 0 Å². The molecule has 0 heterocycles. The molecule has 19 heavy (non-hydrogen) atoms. The number of benzene rings is 1. The molecule has 1 rings (SSSR count). The minimum atomic E-state index is -0.251. The molecule has 0 amide bonds. The fourth-order valence-electron chi connectivity index (χ4n) is 1.78. The first-order chi connectivity index (χ1) is 9.24. The first-order valence-electron chi connectivity index (χ1n) is 7.02. The quantitative estimate of drug-likeness (QED) is 0.636. The number of halogens is 2. The third-order valence-electron chi connectivity index (χ3n) is 2.83. The normalized spacial score (nSPS) is 10.7. The molecule has 0 aliphatic heterocycles. The van der Waals surface area contributed by atoms with Crippen molar-refractivity contribution in [2.75, 3.05) is 19.7 Å². The highest BCUT2D eigenvalue weighted by Gasteiger charge is 2.02. The topological polar surface area (TPSA) is 21.3 Å². The zero-order valence-electron chi connectivity index (χ0n) is 11.6. The summed E-state index contributed by atoms with van der Waals surface area (Å²) in [6, 6.07) is 4.50. The van der Waals surface area contributed by atoms with Gasteiger partial charge in [0.05, 0.1) is 11.1 Å². The molecular weight excluding hydrogens is 309 g/mol. The Balaban J connectivity index is 2.01. The maximum absolute atomic E-state index is 12.9. The molecule has 108 valence electrons. The van der Waals surface area contributed by atoms with E-state index in [1.165, 1.54) is 37.8 Å². The molecule has 0 unspecified atom stereocenters. The number of hydrogen-bond donors (Lipinski definition) is 1. The minimum absolute atomic E-state index is 0.251. The van der Waals surface area contributed by atoms with E-state index in [1.54, 1.807) is 6.07 Å². The first-order valence-corrected chi connectivity index (χ1v) is 7.82. The lowest BCUT2D eigenvalue weighted by Crippen LogP contribution is -2.15. The Morgan fingerprint density at radius 1 is 1.16 bits per heavy atom. The summed E-state index contributed by atoms with van der Waals surface area (Å²) in [4.78, 5) is 0. The van der Waals surface area contributed by atoms with Gasteiger partial charge in [0, 0.05) is 0 Å². The largest absolute Gasteiger partial charge is 0.492 e. The van der Waals surface area contributed by atoms with Crippen LogP contribution >= 0.6 is 15.9 Å². The summed E-state index contributed by atoms with van der Waals surface area (Å²) in [6.07, 6.45) is 5.86. The van der Waals surface area contributed by atoms with Gasteiger partial charge in [0.2, 0.25) is 0 Å². The average molecular weight is 332 g/mol. The second-order valence-corrected chi connectivity index (χ2v) is 5.44. The number of nitrogens with one attached hydrogen (secondary N) is 1. The predicted octanol–water partition coefficient (Wildman–Crippen LogP) is 4.53. The summed E-state index contributed by atoms with van der Waals surface area (Å²) in [5.74, 6) is 0.463. The summed E-state index contributed by atoms with van der Waals surface area (Å²) < 4.78 is 19.2. The molecular formula is C15H23BrFNO. The lowest BCUT2D eigenvalue weighted by molar-refractivity contribution is 0.302. The van der Waals surface area contributed by atoms with Crippen LogP contribution in [-0.2, 0) is 0 Å². The van der Waals surface area contributed by atoms with Crippen LogP contribution in [0.25, 0.3) is 0 Å². The van der Waals surface area contributed by atoms with Crippen LogP contribution in [0.4, 0.5) is 4.39 Å². The molecule has 0 saturated carbocycles. The summed E-state index contributed by atoms with van der Waals surface area (Å²) in [6.45, 7) is 5.09. The van der Waals surface area contributed by atoms with E-state index in [9.17, 15) is 4.39 Å². The van der Waals surface area contributed by atoms with Crippen molar-refractivity contribution < 1.29 is 9.13 Å². The number of ether oxygens (including phenoxy) is 1. The Morgan fingerprint density at radius 3 is 2.68 bits per heavy atom. The molecule has 0 aliphatic rings. The molecule has 4 heteroatoms. The molecule has 1 aromatic carbocycles. The lowest BCUT2D eigenvalue weighted by Gasteiger charge is -2.08. The van der Waals surface area contributed by atoms with Crippen molar-refractivity contribution >= 4 is 15.9 Å². The monoisotopic (exact) mass is 331 g/mol. The van der Waals surface area contributed by atoms with Gasteiger partial charge in [0.25, 0.3) is 0 Å². The van der Waals surface area contributed by atoms with Gasteiger partial charge in [-0.05, 0) is 66.5 Å². The third-order valence-corrected chi connectivity index (χ3v) is 3.45. The van der Waals surface area contributed by atoms with Gasteiger partial charge in [-0.15, -0.1) is 0 Å². The maximum atomic E-state index is 12.9. The van der Waals surface area contributed by atoms with Crippen molar-refractivity contribution in [3.05, 3.63) is 28.5 Å². The summed E-state index contributed by atoms with van der Waals surface area (Å²) in [5, 5.41) is 3.39. The van der Waals surface area contributed by atoms with Gasteiger partial charge in [-0.1, -0.05) is 19.8 Å². The van der Waals surface area contributed by atoms with E-state index in [4.69, 9.17) is 4.74 Å². The molecule has 0 fully saturated rings. The van der Waals surface area contributed by atoms with Crippen LogP contribution in [0, 0.1) is 5.82 Å². The lowest BCUT2D eigenvalue weighted by atomic mass is 10.2. The van der Waals surface area contributed by atoms with E-state index >= 15 is 0 Å². The van der Waals surface area contributed by atoms with Crippen LogP contribution in [0.1, 0.15) is 39.0 Å². The second kappa shape index (κ2) is 10.2. The van der Waals surface area contributed by atoms with Gasteiger partial charge in [0.1, 0.15) is 11.6 Å². The van der Waals surface area contributed by atoms with Gasteiger partial charge >= 0.3 is 0 Å². The number of hydrogen-bond acceptors (Lipinski definition) is 2. The van der Waals surface area contributed by atoms with Crippen LogP contribution in [-0.4, -0.2) is 19.7 Å². The molecule has 0 bridgehead atoms. The molecule has 0 atom stereocenters. The average Bonchev–Trinajstić information content (AvgIpc) is 2.39. The highest BCUT2D eigenvalue weighted by Crippen LogP contribution is 2.25. The Bertz CT molecular complexity index is 360. The van der Waals surface area contributed by atoms with Crippen molar-refractivity contribution in [3.8, 4) is 5.75 Å². The highest BCUT2D eigenvalue weighted by atomic mass is 79.9. The second-order valence-electron chi connectivity index (χ2n) is 4.59. The van der Waals surface area contributed by atoms with Gasteiger partial charge < -0.3 is 10.1 Å². The SMILES string of the molecule is CCCNCCCCCCOc1ccc(F)cc1Br. The zero-order chi connectivity index (χ0) is 13.9. The standard InChI is InChI=1S/C15H23BrFNO/c1-2-9-18-10-5-3-4-6-11-19-15-8-7-13(17)12-14(15)16/h7-8,12,18H,2-6,9-11H2,1H3.